The number of hydrogen-bond acceptors (Lipinski definition) is 5. The molecule has 110 valence electrons. The van der Waals surface area contributed by atoms with Gasteiger partial charge in [0.25, 0.3) is 5.91 Å². The molecular weight excluding hydrogens is 274 g/mol. The maximum absolute atomic E-state index is 11.7. The third kappa shape index (κ3) is 3.19. The van der Waals surface area contributed by atoms with E-state index in [1.807, 2.05) is 0 Å². The highest BCUT2D eigenvalue weighted by Crippen LogP contribution is 2.41. The zero-order chi connectivity index (χ0) is 14.1. The molecule has 1 aromatic heterocycles. The predicted octanol–water partition coefficient (Wildman–Crippen LogP) is 1.05. The van der Waals surface area contributed by atoms with Crippen molar-refractivity contribution in [2.75, 3.05) is 26.2 Å². The Morgan fingerprint density at radius 1 is 1.45 bits per heavy atom. The van der Waals surface area contributed by atoms with E-state index in [0.29, 0.717) is 13.1 Å². The molecule has 1 saturated carbocycles. The SMILES string of the molecule is CC(O)C(=O)N1CCN(Cc2csc(C3CC3)n2)CC1. The van der Waals surface area contributed by atoms with Gasteiger partial charge < -0.3 is 10.0 Å². The lowest BCUT2D eigenvalue weighted by Crippen LogP contribution is -2.50. The van der Waals surface area contributed by atoms with Gasteiger partial charge in [0.2, 0.25) is 0 Å². The summed E-state index contributed by atoms with van der Waals surface area (Å²) in [6.07, 6.45) is 1.71. The standard InChI is InChI=1S/C14H21N3O2S/c1-10(18)14(19)17-6-4-16(5-7-17)8-12-9-20-13(15-12)11-2-3-11/h9-11,18H,2-8H2,1H3. The molecular formula is C14H21N3O2S. The van der Waals surface area contributed by atoms with Crippen molar-refractivity contribution in [2.45, 2.75) is 38.3 Å². The Balaban J connectivity index is 1.49. The molecule has 6 heteroatoms. The molecule has 1 amide bonds. The normalized spacial score (nSPS) is 22.0. The molecule has 0 bridgehead atoms. The van der Waals surface area contributed by atoms with E-state index >= 15 is 0 Å². The summed E-state index contributed by atoms with van der Waals surface area (Å²) in [5.74, 6) is 0.573. The van der Waals surface area contributed by atoms with Crippen molar-refractivity contribution in [3.63, 3.8) is 0 Å². The minimum absolute atomic E-state index is 0.158. The summed E-state index contributed by atoms with van der Waals surface area (Å²) in [5, 5.41) is 12.8. The third-order valence-electron chi connectivity index (χ3n) is 3.92. The van der Waals surface area contributed by atoms with Gasteiger partial charge >= 0.3 is 0 Å². The fourth-order valence-corrected chi connectivity index (χ4v) is 3.51. The molecule has 5 nitrogen and oxygen atoms in total. The summed E-state index contributed by atoms with van der Waals surface area (Å²) in [6.45, 7) is 5.51. The van der Waals surface area contributed by atoms with Gasteiger partial charge in [-0.25, -0.2) is 4.98 Å². The van der Waals surface area contributed by atoms with Gasteiger partial charge in [-0.3, -0.25) is 9.69 Å². The van der Waals surface area contributed by atoms with E-state index in [-0.39, 0.29) is 5.91 Å². The van der Waals surface area contributed by atoms with Gasteiger partial charge in [0.1, 0.15) is 6.10 Å². The largest absolute Gasteiger partial charge is 0.384 e. The highest BCUT2D eigenvalue weighted by Gasteiger charge is 2.27. The Bertz CT molecular complexity index is 477. The van der Waals surface area contributed by atoms with Crippen molar-refractivity contribution in [2.24, 2.45) is 0 Å². The number of aliphatic hydroxyl groups is 1. The molecule has 1 unspecified atom stereocenters. The van der Waals surface area contributed by atoms with Gasteiger partial charge in [0.15, 0.2) is 0 Å². The van der Waals surface area contributed by atoms with Gasteiger partial charge in [-0.2, -0.15) is 0 Å². The molecule has 2 aliphatic rings. The van der Waals surface area contributed by atoms with Gasteiger partial charge in [-0.1, -0.05) is 0 Å². The number of amides is 1. The first-order valence-corrected chi connectivity index (χ1v) is 8.15. The minimum atomic E-state index is -0.888. The second kappa shape index (κ2) is 5.79. The average Bonchev–Trinajstić information content (AvgIpc) is 3.20. The summed E-state index contributed by atoms with van der Waals surface area (Å²) in [5.41, 5.74) is 1.16. The smallest absolute Gasteiger partial charge is 0.251 e. The monoisotopic (exact) mass is 295 g/mol. The van der Waals surface area contributed by atoms with Crippen molar-refractivity contribution in [1.29, 1.82) is 0 Å². The zero-order valence-corrected chi connectivity index (χ0v) is 12.6. The number of carbonyl (C=O) groups excluding carboxylic acids is 1. The fraction of sp³-hybridized carbons (Fsp3) is 0.714. The Morgan fingerprint density at radius 3 is 2.75 bits per heavy atom. The molecule has 1 saturated heterocycles. The number of aliphatic hydroxyl groups excluding tert-OH is 1. The van der Waals surface area contributed by atoms with E-state index < -0.39 is 6.10 Å². The zero-order valence-electron chi connectivity index (χ0n) is 11.8. The highest BCUT2D eigenvalue weighted by molar-refractivity contribution is 7.09. The molecule has 0 radical (unpaired) electrons. The Labute approximate surface area is 123 Å². The van der Waals surface area contributed by atoms with Crippen LogP contribution in [-0.2, 0) is 11.3 Å². The van der Waals surface area contributed by atoms with Crippen LogP contribution in [0.1, 0.15) is 36.4 Å². The molecule has 1 aliphatic carbocycles. The molecule has 1 atom stereocenters. The van der Waals surface area contributed by atoms with Crippen LogP contribution in [0.5, 0.6) is 0 Å². The molecule has 2 heterocycles. The van der Waals surface area contributed by atoms with E-state index in [4.69, 9.17) is 4.98 Å². The van der Waals surface area contributed by atoms with Crippen molar-refractivity contribution < 1.29 is 9.90 Å². The van der Waals surface area contributed by atoms with Crippen LogP contribution < -0.4 is 0 Å². The Hall–Kier alpha value is -0.980. The molecule has 3 rings (SSSR count). The van der Waals surface area contributed by atoms with Crippen molar-refractivity contribution in [3.8, 4) is 0 Å². The number of thiazole rings is 1. The van der Waals surface area contributed by atoms with Crippen LogP contribution >= 0.6 is 11.3 Å². The van der Waals surface area contributed by atoms with Gasteiger partial charge in [0.05, 0.1) is 10.7 Å². The second-order valence-electron chi connectivity index (χ2n) is 5.73. The molecule has 0 spiro atoms. The van der Waals surface area contributed by atoms with Gasteiger partial charge in [-0.05, 0) is 19.8 Å². The summed E-state index contributed by atoms with van der Waals surface area (Å²) < 4.78 is 0. The van der Waals surface area contributed by atoms with Crippen LogP contribution in [0.4, 0.5) is 0 Å². The third-order valence-corrected chi connectivity index (χ3v) is 4.98. The van der Waals surface area contributed by atoms with E-state index in [1.165, 1.54) is 24.8 Å². The van der Waals surface area contributed by atoms with E-state index in [0.717, 1.165) is 31.2 Å². The lowest BCUT2D eigenvalue weighted by atomic mass is 10.2. The van der Waals surface area contributed by atoms with Gasteiger partial charge in [-0.15, -0.1) is 11.3 Å². The number of nitrogens with zero attached hydrogens (tertiary/aromatic N) is 3. The molecule has 1 aromatic rings. The van der Waals surface area contributed by atoms with Crippen molar-refractivity contribution >= 4 is 17.2 Å². The summed E-state index contributed by atoms with van der Waals surface area (Å²) in [4.78, 5) is 20.5. The summed E-state index contributed by atoms with van der Waals surface area (Å²) >= 11 is 1.78. The van der Waals surface area contributed by atoms with E-state index in [2.05, 4.69) is 10.3 Å². The molecule has 1 N–H and O–H groups in total. The molecule has 20 heavy (non-hydrogen) atoms. The summed E-state index contributed by atoms with van der Waals surface area (Å²) in [7, 11) is 0. The van der Waals surface area contributed by atoms with Crippen LogP contribution in [0.25, 0.3) is 0 Å². The first-order chi connectivity index (χ1) is 9.63. The van der Waals surface area contributed by atoms with E-state index in [9.17, 15) is 9.90 Å². The van der Waals surface area contributed by atoms with Crippen LogP contribution in [0.3, 0.4) is 0 Å². The first kappa shape index (κ1) is 14.0. The van der Waals surface area contributed by atoms with Crippen molar-refractivity contribution in [1.82, 2.24) is 14.8 Å². The van der Waals surface area contributed by atoms with Gasteiger partial charge in [0, 0.05) is 44.0 Å². The predicted molar refractivity (Wildman–Crippen MR) is 77.6 cm³/mol. The number of piperazine rings is 1. The fourth-order valence-electron chi connectivity index (χ4n) is 2.53. The lowest BCUT2D eigenvalue weighted by molar-refractivity contribution is -0.141. The second-order valence-corrected chi connectivity index (χ2v) is 6.62. The number of rotatable bonds is 4. The number of hydrogen-bond donors (Lipinski definition) is 1. The maximum atomic E-state index is 11.7. The Kier molecular flexibility index (Phi) is 4.05. The van der Waals surface area contributed by atoms with Crippen LogP contribution in [-0.4, -0.2) is 58.1 Å². The topological polar surface area (TPSA) is 56.7 Å². The summed E-state index contributed by atoms with van der Waals surface area (Å²) in [6, 6.07) is 0. The van der Waals surface area contributed by atoms with E-state index in [1.54, 1.807) is 16.2 Å². The highest BCUT2D eigenvalue weighted by atomic mass is 32.1. The minimum Gasteiger partial charge on any atom is -0.384 e. The quantitative estimate of drug-likeness (QED) is 0.902. The average molecular weight is 295 g/mol. The first-order valence-electron chi connectivity index (χ1n) is 7.27. The van der Waals surface area contributed by atoms with Crippen LogP contribution in [0.15, 0.2) is 5.38 Å². The van der Waals surface area contributed by atoms with Crippen molar-refractivity contribution in [3.05, 3.63) is 16.1 Å². The molecule has 1 aliphatic heterocycles. The molecule has 0 aromatic carbocycles. The van der Waals surface area contributed by atoms with Crippen LogP contribution in [0, 0.1) is 0 Å². The maximum Gasteiger partial charge on any atom is 0.251 e. The number of carbonyl (C=O) groups is 1. The lowest BCUT2D eigenvalue weighted by Gasteiger charge is -2.34. The van der Waals surface area contributed by atoms with Crippen LogP contribution in [0.2, 0.25) is 0 Å². The molecule has 2 fully saturated rings. The Morgan fingerprint density at radius 2 is 2.15 bits per heavy atom. The number of aromatic nitrogens is 1.